The minimum atomic E-state index is -1.70. The Hall–Kier alpha value is 0.160. The van der Waals surface area contributed by atoms with Crippen LogP contribution < -0.4 is 0 Å². The van der Waals surface area contributed by atoms with Gasteiger partial charge in [0.25, 0.3) is 0 Å². The van der Waals surface area contributed by atoms with Gasteiger partial charge >= 0.3 is 0 Å². The summed E-state index contributed by atoms with van der Waals surface area (Å²) < 4.78 is 55.6. The van der Waals surface area contributed by atoms with E-state index in [0.717, 1.165) is 49.2 Å². The topological polar surface area (TPSA) is 0 Å². The van der Waals surface area contributed by atoms with Gasteiger partial charge in [-0.25, -0.2) is 17.6 Å². The first-order chi connectivity index (χ1) is 11.0. The van der Waals surface area contributed by atoms with E-state index < -0.39 is 28.7 Å². The molecule has 0 saturated carbocycles. The molecule has 0 unspecified atom stereocenters. The van der Waals surface area contributed by atoms with E-state index in [1.165, 1.54) is 0 Å². The third kappa shape index (κ3) is 5.58. The first-order valence-corrected chi connectivity index (χ1v) is 10.5. The van der Waals surface area contributed by atoms with Gasteiger partial charge in [0, 0.05) is 10.7 Å². The maximum absolute atomic E-state index is 14.3. The molecule has 0 aliphatic heterocycles. The van der Waals surface area contributed by atoms with Crippen molar-refractivity contribution >= 4 is 31.9 Å². The molecule has 0 aromatic rings. The lowest BCUT2D eigenvalue weighted by Crippen LogP contribution is -2.21. The molecule has 0 nitrogen and oxygen atoms in total. The minimum Gasteiger partial charge on any atom is -0.207 e. The normalized spacial score (nSPS) is 17.5. The van der Waals surface area contributed by atoms with Gasteiger partial charge in [-0.15, -0.1) is 0 Å². The van der Waals surface area contributed by atoms with Gasteiger partial charge in [0.1, 0.15) is 0 Å². The van der Waals surface area contributed by atoms with Gasteiger partial charge in [-0.1, -0.05) is 70.4 Å². The van der Waals surface area contributed by atoms with Crippen molar-refractivity contribution in [3.8, 4) is 0 Å². The molecule has 23 heavy (non-hydrogen) atoms. The summed E-state index contributed by atoms with van der Waals surface area (Å²) in [5, 5.41) is 1.77. The fourth-order valence-corrected chi connectivity index (χ4v) is 3.82. The highest BCUT2D eigenvalue weighted by molar-refractivity contribution is 9.09. The molecule has 1 rings (SSSR count). The SMILES string of the molecule is FC1=C(F)C(CCCCCCBr)(CCCCCCBr)C(F)=C1F. The van der Waals surface area contributed by atoms with Crippen LogP contribution in [-0.2, 0) is 0 Å². The number of rotatable bonds is 12. The molecule has 134 valence electrons. The fraction of sp³-hybridized carbons (Fsp3) is 0.765. The van der Waals surface area contributed by atoms with Gasteiger partial charge in [0.15, 0.2) is 23.3 Å². The highest BCUT2D eigenvalue weighted by Crippen LogP contribution is 2.55. The second kappa shape index (κ2) is 10.9. The van der Waals surface area contributed by atoms with Crippen molar-refractivity contribution in [1.29, 1.82) is 0 Å². The quantitative estimate of drug-likeness (QED) is 0.156. The van der Waals surface area contributed by atoms with Gasteiger partial charge in [-0.3, -0.25) is 0 Å². The Morgan fingerprint density at radius 3 is 1.26 bits per heavy atom. The van der Waals surface area contributed by atoms with Crippen molar-refractivity contribution < 1.29 is 17.6 Å². The molecule has 0 spiro atoms. The Morgan fingerprint density at radius 1 is 0.565 bits per heavy atom. The highest BCUT2D eigenvalue weighted by atomic mass is 79.9. The Kier molecular flexibility index (Phi) is 10.1. The molecule has 0 atom stereocenters. The van der Waals surface area contributed by atoms with Gasteiger partial charge in [0.05, 0.1) is 5.41 Å². The maximum Gasteiger partial charge on any atom is 0.193 e. The maximum atomic E-state index is 14.3. The Morgan fingerprint density at radius 2 is 0.913 bits per heavy atom. The van der Waals surface area contributed by atoms with Crippen molar-refractivity contribution in [1.82, 2.24) is 0 Å². The Balaban J connectivity index is 2.69. The van der Waals surface area contributed by atoms with Crippen LogP contribution in [0.1, 0.15) is 64.2 Å². The number of halogens is 6. The summed E-state index contributed by atoms with van der Waals surface area (Å²) in [7, 11) is 0. The van der Waals surface area contributed by atoms with Crippen molar-refractivity contribution in [2.24, 2.45) is 5.41 Å². The van der Waals surface area contributed by atoms with Crippen LogP contribution >= 0.6 is 31.9 Å². The van der Waals surface area contributed by atoms with Crippen LogP contribution in [0.25, 0.3) is 0 Å². The number of unbranched alkanes of at least 4 members (excludes halogenated alkanes) is 6. The summed E-state index contributed by atoms with van der Waals surface area (Å²) in [6.07, 6.45) is 6.85. The average Bonchev–Trinajstić information content (AvgIpc) is 2.70. The average molecular weight is 464 g/mol. The Bertz CT molecular complexity index is 392. The number of hydrogen-bond acceptors (Lipinski definition) is 0. The zero-order valence-electron chi connectivity index (χ0n) is 13.3. The standard InChI is InChI=1S/C17H24Br2F4/c18-11-7-3-1-5-9-17(10-6-2-4-8-12-19)15(22)13(20)14(21)16(17)23/h1-12H2. The van der Waals surface area contributed by atoms with E-state index in [1.54, 1.807) is 0 Å². The van der Waals surface area contributed by atoms with Gasteiger partial charge in [0.2, 0.25) is 0 Å². The molecule has 0 heterocycles. The first-order valence-electron chi connectivity index (χ1n) is 8.25. The summed E-state index contributed by atoms with van der Waals surface area (Å²) in [5.41, 5.74) is -1.70. The van der Waals surface area contributed by atoms with Crippen LogP contribution in [0.3, 0.4) is 0 Å². The number of hydrogen-bond donors (Lipinski definition) is 0. The predicted octanol–water partition coefficient (Wildman–Crippen LogP) is 7.98. The molecule has 1 aliphatic carbocycles. The van der Waals surface area contributed by atoms with E-state index in [1.807, 2.05) is 0 Å². The molecule has 6 heteroatoms. The summed E-state index contributed by atoms with van der Waals surface area (Å²) in [6.45, 7) is 0. The fourth-order valence-electron chi connectivity index (χ4n) is 3.02. The zero-order valence-corrected chi connectivity index (χ0v) is 16.4. The van der Waals surface area contributed by atoms with Crippen LogP contribution in [0.5, 0.6) is 0 Å². The molecule has 1 aliphatic rings. The lowest BCUT2D eigenvalue weighted by Gasteiger charge is -2.28. The van der Waals surface area contributed by atoms with E-state index in [0.29, 0.717) is 12.8 Å². The van der Waals surface area contributed by atoms with Crippen molar-refractivity contribution in [2.45, 2.75) is 64.2 Å². The number of alkyl halides is 2. The molecule has 0 radical (unpaired) electrons. The Labute approximate surface area is 153 Å². The van der Waals surface area contributed by atoms with Crippen molar-refractivity contribution in [3.05, 3.63) is 23.3 Å². The summed E-state index contributed by atoms with van der Waals surface area (Å²) in [4.78, 5) is 0. The lowest BCUT2D eigenvalue weighted by atomic mass is 9.77. The van der Waals surface area contributed by atoms with Gasteiger partial charge in [-0.05, 0) is 25.7 Å². The molecular weight excluding hydrogens is 440 g/mol. The molecule has 0 aromatic carbocycles. The molecule has 0 amide bonds. The highest BCUT2D eigenvalue weighted by Gasteiger charge is 2.49. The monoisotopic (exact) mass is 462 g/mol. The summed E-state index contributed by atoms with van der Waals surface area (Å²) in [6, 6.07) is 0. The molecule has 0 saturated heterocycles. The zero-order chi connectivity index (χ0) is 17.3. The first kappa shape index (κ1) is 21.2. The van der Waals surface area contributed by atoms with Gasteiger partial charge < -0.3 is 0 Å². The van der Waals surface area contributed by atoms with Gasteiger partial charge in [-0.2, -0.15) is 0 Å². The van der Waals surface area contributed by atoms with Crippen LogP contribution in [-0.4, -0.2) is 10.7 Å². The van der Waals surface area contributed by atoms with E-state index >= 15 is 0 Å². The number of allylic oxidation sites excluding steroid dienone is 4. The molecular formula is C17H24Br2F4. The van der Waals surface area contributed by atoms with E-state index in [4.69, 9.17) is 0 Å². The largest absolute Gasteiger partial charge is 0.207 e. The summed E-state index contributed by atoms with van der Waals surface area (Å²) >= 11 is 6.66. The molecule has 0 fully saturated rings. The molecule has 0 bridgehead atoms. The lowest BCUT2D eigenvalue weighted by molar-refractivity contribution is 0.232. The van der Waals surface area contributed by atoms with Crippen molar-refractivity contribution in [3.63, 3.8) is 0 Å². The third-order valence-corrected chi connectivity index (χ3v) is 5.51. The van der Waals surface area contributed by atoms with Crippen LogP contribution in [0.15, 0.2) is 23.3 Å². The van der Waals surface area contributed by atoms with Crippen molar-refractivity contribution in [2.75, 3.05) is 10.7 Å². The smallest absolute Gasteiger partial charge is 0.193 e. The molecule has 0 aromatic heterocycles. The minimum absolute atomic E-state index is 0.131. The van der Waals surface area contributed by atoms with E-state index in [9.17, 15) is 17.6 Å². The summed E-state index contributed by atoms with van der Waals surface area (Å²) in [5.74, 6) is -5.76. The second-order valence-corrected chi connectivity index (χ2v) is 7.63. The molecule has 0 N–H and O–H groups in total. The van der Waals surface area contributed by atoms with Crippen LogP contribution in [0, 0.1) is 5.41 Å². The van der Waals surface area contributed by atoms with E-state index in [-0.39, 0.29) is 12.8 Å². The van der Waals surface area contributed by atoms with E-state index in [2.05, 4.69) is 31.9 Å². The van der Waals surface area contributed by atoms with Crippen LogP contribution in [0.4, 0.5) is 17.6 Å². The predicted molar refractivity (Wildman–Crippen MR) is 94.7 cm³/mol. The second-order valence-electron chi connectivity index (χ2n) is 6.04. The third-order valence-electron chi connectivity index (χ3n) is 4.39. The van der Waals surface area contributed by atoms with Crippen LogP contribution in [0.2, 0.25) is 0 Å².